The number of rotatable bonds is 19. The van der Waals surface area contributed by atoms with E-state index in [4.69, 9.17) is 10.2 Å². The van der Waals surface area contributed by atoms with Crippen LogP contribution in [0.3, 0.4) is 0 Å². The van der Waals surface area contributed by atoms with Crippen LogP contribution in [0.4, 0.5) is 10.1 Å². The lowest BCUT2D eigenvalue weighted by Crippen LogP contribution is -2.56. The van der Waals surface area contributed by atoms with Crippen molar-refractivity contribution < 1.29 is 78.5 Å². The van der Waals surface area contributed by atoms with E-state index in [1.807, 2.05) is 0 Å². The van der Waals surface area contributed by atoms with Crippen LogP contribution >= 0.6 is 0 Å². The number of nitrogens with one attached hydrogen (secondary N) is 2. The standard InChI is InChI=1S/C34H40FN5O16/c35-20-10-18-22(40(17-3-4-17)16-19(28(18)47)30(49)50)11-23(20)38-6-8-39(9-7-38)29(48)21(37-25(42)13-34(56,32(53)54)15-27(45)46)2-1-5-36-24(41)12-33(55,31(51)52)14-26(43)44/h10-11,16-17,21,55-56H,1-9,12-15H2,(H,36,41)(H,37,42)(H,43,44)(H,45,46)(H,49,50)(H,51,52)(H,53,54)/t21-,33?,34?/m0/s1. The highest BCUT2D eigenvalue weighted by Gasteiger charge is 2.43. The smallest absolute Gasteiger partial charge is 0.341 e. The van der Waals surface area contributed by atoms with E-state index >= 15 is 4.39 Å². The van der Waals surface area contributed by atoms with Gasteiger partial charge in [-0.15, -0.1) is 0 Å². The van der Waals surface area contributed by atoms with Crippen LogP contribution in [0.2, 0.25) is 0 Å². The minimum Gasteiger partial charge on any atom is -0.481 e. The molecule has 22 heteroatoms. The highest BCUT2D eigenvalue weighted by atomic mass is 19.1. The quantitative estimate of drug-likeness (QED) is 0.0736. The Kier molecular flexibility index (Phi) is 13.0. The SMILES string of the molecule is O=C(O)CC(O)(CC(=O)NCCC[C@H](NC(=O)CC(O)(CC(=O)O)C(=O)O)C(=O)N1CCN(c2cc3c(cc2F)c(=O)c(C(=O)O)cn3C2CC2)CC1)C(=O)O. The topological polar surface area (TPSA) is 331 Å². The van der Waals surface area contributed by atoms with Crippen LogP contribution in [0.1, 0.15) is 67.8 Å². The summed E-state index contributed by atoms with van der Waals surface area (Å²) in [4.78, 5) is 112. The van der Waals surface area contributed by atoms with Crippen LogP contribution in [-0.4, -0.2) is 143 Å². The molecular weight excluding hydrogens is 753 g/mol. The predicted octanol–water partition coefficient (Wildman–Crippen LogP) is -1.44. The fourth-order valence-corrected chi connectivity index (χ4v) is 6.35. The van der Waals surface area contributed by atoms with Crippen molar-refractivity contribution in [2.45, 2.75) is 74.7 Å². The van der Waals surface area contributed by atoms with Crippen molar-refractivity contribution >= 4 is 64.2 Å². The lowest BCUT2D eigenvalue weighted by Gasteiger charge is -2.38. The Hall–Kier alpha value is -6.16. The molecule has 1 aromatic heterocycles. The largest absolute Gasteiger partial charge is 0.481 e. The molecule has 1 aliphatic heterocycles. The molecule has 2 aliphatic rings. The summed E-state index contributed by atoms with van der Waals surface area (Å²) in [6.45, 7) is -0.323. The fraction of sp³-hybridized carbons (Fsp3) is 0.500. The third kappa shape index (κ3) is 10.1. The third-order valence-electron chi connectivity index (χ3n) is 9.42. The van der Waals surface area contributed by atoms with Gasteiger partial charge in [-0.3, -0.25) is 28.8 Å². The predicted molar refractivity (Wildman–Crippen MR) is 185 cm³/mol. The molecule has 2 heterocycles. The summed E-state index contributed by atoms with van der Waals surface area (Å²) >= 11 is 0. The Morgan fingerprint density at radius 2 is 1.36 bits per heavy atom. The molecule has 2 fully saturated rings. The minimum absolute atomic E-state index is 0.0337. The Morgan fingerprint density at radius 1 is 0.804 bits per heavy atom. The molecule has 2 unspecified atom stereocenters. The van der Waals surface area contributed by atoms with E-state index in [1.54, 1.807) is 9.47 Å². The van der Waals surface area contributed by atoms with Crippen molar-refractivity contribution in [3.05, 3.63) is 39.9 Å². The molecule has 1 aliphatic carbocycles. The van der Waals surface area contributed by atoms with Gasteiger partial charge in [0.25, 0.3) is 0 Å². The molecule has 1 aromatic carbocycles. The van der Waals surface area contributed by atoms with Crippen LogP contribution in [0.15, 0.2) is 23.1 Å². The first-order valence-electron chi connectivity index (χ1n) is 17.2. The number of aliphatic hydroxyl groups is 2. The summed E-state index contributed by atoms with van der Waals surface area (Å²) in [6.07, 6.45) is -2.71. The van der Waals surface area contributed by atoms with Crippen LogP contribution in [-0.2, 0) is 33.6 Å². The molecule has 3 amide bonds. The average molecular weight is 794 g/mol. The average Bonchev–Trinajstić information content (AvgIpc) is 3.94. The molecule has 9 N–H and O–H groups in total. The number of amides is 3. The first-order chi connectivity index (χ1) is 26.2. The van der Waals surface area contributed by atoms with E-state index in [-0.39, 0.29) is 62.7 Å². The van der Waals surface area contributed by atoms with Crippen molar-refractivity contribution in [2.24, 2.45) is 0 Å². The summed E-state index contributed by atoms with van der Waals surface area (Å²) < 4.78 is 17.1. The Balaban J connectivity index is 1.48. The fourth-order valence-electron chi connectivity index (χ4n) is 6.35. The number of carbonyl (C=O) groups is 8. The van der Waals surface area contributed by atoms with Crippen LogP contribution in [0.25, 0.3) is 10.9 Å². The van der Waals surface area contributed by atoms with Gasteiger partial charge in [-0.1, -0.05) is 0 Å². The first kappa shape index (κ1) is 42.6. The molecule has 1 saturated carbocycles. The number of anilines is 1. The first-order valence-corrected chi connectivity index (χ1v) is 17.2. The summed E-state index contributed by atoms with van der Waals surface area (Å²) in [5.74, 6) is -12.7. The van der Waals surface area contributed by atoms with Crippen LogP contribution in [0, 0.1) is 5.82 Å². The zero-order chi connectivity index (χ0) is 41.7. The maximum atomic E-state index is 15.5. The van der Waals surface area contributed by atoms with Gasteiger partial charge in [-0.25, -0.2) is 18.8 Å². The number of pyridine rings is 1. The summed E-state index contributed by atoms with van der Waals surface area (Å²) in [5, 5.41) is 71.0. The van der Waals surface area contributed by atoms with E-state index in [9.17, 15) is 68.7 Å². The van der Waals surface area contributed by atoms with E-state index in [0.717, 1.165) is 18.9 Å². The number of aromatic nitrogens is 1. The molecule has 0 bridgehead atoms. The van der Waals surface area contributed by atoms with Gasteiger partial charge in [0.05, 0.1) is 36.9 Å². The van der Waals surface area contributed by atoms with Gasteiger partial charge in [0, 0.05) is 50.3 Å². The van der Waals surface area contributed by atoms with Crippen LogP contribution in [0.5, 0.6) is 0 Å². The molecule has 1 saturated heterocycles. The van der Waals surface area contributed by atoms with Gasteiger partial charge < -0.3 is 60.7 Å². The number of halogens is 1. The van der Waals surface area contributed by atoms with Gasteiger partial charge >= 0.3 is 29.8 Å². The number of aliphatic carboxylic acids is 4. The van der Waals surface area contributed by atoms with E-state index < -0.39 is 107 Å². The molecular formula is C34H40FN5O16. The van der Waals surface area contributed by atoms with Crippen molar-refractivity contribution in [1.29, 1.82) is 0 Å². The number of fused-ring (bicyclic) bond motifs is 1. The molecule has 4 rings (SSSR count). The number of carboxylic acids is 5. The number of piperazine rings is 1. The Labute approximate surface area is 314 Å². The Bertz CT molecular complexity index is 2010. The molecule has 0 radical (unpaired) electrons. The normalized spacial score (nSPS) is 16.9. The zero-order valence-electron chi connectivity index (χ0n) is 29.6. The molecule has 304 valence electrons. The molecule has 2 aromatic rings. The lowest BCUT2D eigenvalue weighted by atomic mass is 9.95. The van der Waals surface area contributed by atoms with E-state index in [0.29, 0.717) is 5.52 Å². The number of benzene rings is 1. The number of nitrogens with zero attached hydrogens (tertiary/aromatic N) is 3. The molecule has 3 atom stereocenters. The molecule has 0 spiro atoms. The number of hydrogen-bond acceptors (Lipinski definition) is 12. The van der Waals surface area contributed by atoms with Gasteiger partial charge in [-0.2, -0.15) is 0 Å². The Morgan fingerprint density at radius 3 is 1.86 bits per heavy atom. The van der Waals surface area contributed by atoms with Gasteiger partial charge in [0.15, 0.2) is 11.2 Å². The van der Waals surface area contributed by atoms with Gasteiger partial charge in [0.2, 0.25) is 23.2 Å². The molecule has 56 heavy (non-hydrogen) atoms. The third-order valence-corrected chi connectivity index (χ3v) is 9.42. The lowest BCUT2D eigenvalue weighted by molar-refractivity contribution is -0.167. The van der Waals surface area contributed by atoms with Gasteiger partial charge in [0.1, 0.15) is 17.4 Å². The second-order valence-corrected chi connectivity index (χ2v) is 13.7. The van der Waals surface area contributed by atoms with Gasteiger partial charge in [-0.05, 0) is 37.8 Å². The van der Waals surface area contributed by atoms with Crippen LogP contribution < -0.4 is 21.0 Å². The van der Waals surface area contributed by atoms with E-state index in [1.165, 1.54) is 17.2 Å². The maximum absolute atomic E-state index is 15.5. The van der Waals surface area contributed by atoms with Crippen molar-refractivity contribution in [1.82, 2.24) is 20.1 Å². The summed E-state index contributed by atoms with van der Waals surface area (Å²) in [7, 11) is 0. The summed E-state index contributed by atoms with van der Waals surface area (Å²) in [6, 6.07) is 0.873. The summed E-state index contributed by atoms with van der Waals surface area (Å²) in [5.41, 5.74) is -6.90. The maximum Gasteiger partial charge on any atom is 0.341 e. The van der Waals surface area contributed by atoms with Crippen molar-refractivity contribution in [2.75, 3.05) is 37.6 Å². The van der Waals surface area contributed by atoms with Crippen molar-refractivity contribution in [3.8, 4) is 0 Å². The second-order valence-electron chi connectivity index (χ2n) is 13.7. The highest BCUT2D eigenvalue weighted by Crippen LogP contribution is 2.38. The second kappa shape index (κ2) is 17.1. The highest BCUT2D eigenvalue weighted by molar-refractivity contribution is 5.95. The number of aromatic carboxylic acids is 1. The van der Waals surface area contributed by atoms with E-state index in [2.05, 4.69) is 10.6 Å². The number of carboxylic acid groups (broad SMARTS) is 5. The number of carbonyl (C=O) groups excluding carboxylic acids is 3. The molecule has 21 nitrogen and oxygen atoms in total. The van der Waals surface area contributed by atoms with Crippen molar-refractivity contribution in [3.63, 3.8) is 0 Å². The monoisotopic (exact) mass is 793 g/mol. The number of hydrogen-bond donors (Lipinski definition) is 9. The minimum atomic E-state index is -3.04. The zero-order valence-corrected chi connectivity index (χ0v) is 29.6.